The molecule has 0 fully saturated rings. The molecule has 0 unspecified atom stereocenters. The van der Waals surface area contributed by atoms with Crippen LogP contribution >= 0.6 is 11.6 Å². The maximum Gasteiger partial charge on any atom is 0.257 e. The van der Waals surface area contributed by atoms with Crippen molar-refractivity contribution in [2.45, 2.75) is 0 Å². The van der Waals surface area contributed by atoms with Crippen LogP contribution in [0.15, 0.2) is 60.9 Å². The molecular formula is C19H14ClN3O3. The van der Waals surface area contributed by atoms with Gasteiger partial charge in [-0.15, -0.1) is 0 Å². The molecule has 6 nitrogen and oxygen atoms in total. The van der Waals surface area contributed by atoms with Crippen molar-refractivity contribution in [3.8, 4) is 11.5 Å². The van der Waals surface area contributed by atoms with Gasteiger partial charge in [0.25, 0.3) is 5.91 Å². The number of nitrogens with zero attached hydrogens (tertiary/aromatic N) is 1. The quantitative estimate of drug-likeness (QED) is 0.712. The number of carbonyl (C=O) groups is 1. The molecule has 2 N–H and O–H groups in total. The molecule has 1 aromatic heterocycles. The monoisotopic (exact) mass is 367 g/mol. The molecular weight excluding hydrogens is 354 g/mol. The zero-order valence-electron chi connectivity index (χ0n) is 13.5. The summed E-state index contributed by atoms with van der Waals surface area (Å²) in [4.78, 5) is 16.5. The summed E-state index contributed by atoms with van der Waals surface area (Å²) in [6.45, 7) is 0.223. The van der Waals surface area contributed by atoms with Crippen molar-refractivity contribution in [1.82, 2.24) is 4.98 Å². The van der Waals surface area contributed by atoms with Crippen LogP contribution in [-0.2, 0) is 0 Å². The van der Waals surface area contributed by atoms with Crippen LogP contribution in [-0.4, -0.2) is 17.7 Å². The first-order valence-corrected chi connectivity index (χ1v) is 8.24. The number of aromatic nitrogens is 1. The number of benzene rings is 2. The maximum atomic E-state index is 12.4. The number of nitrogens with one attached hydrogen (secondary N) is 2. The second-order valence-corrected chi connectivity index (χ2v) is 6.05. The molecule has 0 saturated heterocycles. The molecule has 1 aliphatic rings. The number of fused-ring (bicyclic) bond motifs is 1. The first-order chi connectivity index (χ1) is 12.7. The standard InChI is InChI=1S/C19H14ClN3O3/c20-13-1-3-14(4-2-13)23-19(24)12-7-16(10-21-9-12)22-15-5-6-17-18(8-15)26-11-25-17/h1-10,22H,11H2,(H,23,24). The predicted octanol–water partition coefficient (Wildman–Crippen LogP) is 4.46. The van der Waals surface area contributed by atoms with Crippen LogP contribution in [0.25, 0.3) is 0 Å². The number of pyridine rings is 1. The van der Waals surface area contributed by atoms with Gasteiger partial charge >= 0.3 is 0 Å². The van der Waals surface area contributed by atoms with Gasteiger partial charge in [-0.25, -0.2) is 0 Å². The van der Waals surface area contributed by atoms with Crippen molar-refractivity contribution < 1.29 is 14.3 Å². The number of hydrogen-bond donors (Lipinski definition) is 2. The van der Waals surface area contributed by atoms with Crippen LogP contribution in [0.2, 0.25) is 5.02 Å². The molecule has 0 atom stereocenters. The number of ether oxygens (including phenoxy) is 2. The highest BCUT2D eigenvalue weighted by atomic mass is 35.5. The molecule has 0 bridgehead atoms. The molecule has 1 amide bonds. The molecule has 2 aromatic carbocycles. The van der Waals surface area contributed by atoms with Crippen molar-refractivity contribution in [1.29, 1.82) is 0 Å². The van der Waals surface area contributed by atoms with E-state index in [0.717, 1.165) is 5.69 Å². The van der Waals surface area contributed by atoms with Gasteiger partial charge in [0.1, 0.15) is 0 Å². The summed E-state index contributed by atoms with van der Waals surface area (Å²) in [6.07, 6.45) is 3.15. The molecule has 0 spiro atoms. The van der Waals surface area contributed by atoms with Crippen LogP contribution < -0.4 is 20.1 Å². The first kappa shape index (κ1) is 16.2. The van der Waals surface area contributed by atoms with Gasteiger partial charge < -0.3 is 20.1 Å². The van der Waals surface area contributed by atoms with E-state index in [1.165, 1.54) is 6.20 Å². The minimum absolute atomic E-state index is 0.223. The summed E-state index contributed by atoms with van der Waals surface area (Å²) in [6, 6.07) is 14.2. The summed E-state index contributed by atoms with van der Waals surface area (Å²) in [7, 11) is 0. The number of anilines is 3. The Morgan fingerprint density at radius 2 is 1.69 bits per heavy atom. The van der Waals surface area contributed by atoms with Gasteiger partial charge in [0, 0.05) is 28.7 Å². The number of halogens is 1. The van der Waals surface area contributed by atoms with E-state index >= 15 is 0 Å². The predicted molar refractivity (Wildman–Crippen MR) is 99.5 cm³/mol. The van der Waals surface area contributed by atoms with Crippen LogP contribution in [0.3, 0.4) is 0 Å². The Morgan fingerprint density at radius 1 is 0.923 bits per heavy atom. The van der Waals surface area contributed by atoms with Crippen molar-refractivity contribution in [2.24, 2.45) is 0 Å². The maximum absolute atomic E-state index is 12.4. The minimum atomic E-state index is -0.255. The highest BCUT2D eigenvalue weighted by Gasteiger charge is 2.13. The number of carbonyl (C=O) groups excluding carboxylic acids is 1. The smallest absolute Gasteiger partial charge is 0.257 e. The van der Waals surface area contributed by atoms with E-state index in [9.17, 15) is 4.79 Å². The molecule has 130 valence electrons. The van der Waals surface area contributed by atoms with Crippen LogP contribution in [0.1, 0.15) is 10.4 Å². The van der Waals surface area contributed by atoms with E-state index in [1.807, 2.05) is 18.2 Å². The molecule has 7 heteroatoms. The lowest BCUT2D eigenvalue weighted by Gasteiger charge is -2.09. The fraction of sp³-hybridized carbons (Fsp3) is 0.0526. The van der Waals surface area contributed by atoms with E-state index in [1.54, 1.807) is 36.5 Å². The van der Waals surface area contributed by atoms with E-state index in [4.69, 9.17) is 21.1 Å². The lowest BCUT2D eigenvalue weighted by atomic mass is 10.2. The second kappa shape index (κ2) is 6.93. The van der Waals surface area contributed by atoms with E-state index in [-0.39, 0.29) is 12.7 Å². The number of rotatable bonds is 4. The summed E-state index contributed by atoms with van der Waals surface area (Å²) in [5.41, 5.74) is 2.60. The van der Waals surface area contributed by atoms with Crippen molar-refractivity contribution in [2.75, 3.05) is 17.4 Å². The summed E-state index contributed by atoms with van der Waals surface area (Å²) in [5, 5.41) is 6.62. The fourth-order valence-electron chi connectivity index (χ4n) is 2.51. The molecule has 2 heterocycles. The average Bonchev–Trinajstić information content (AvgIpc) is 3.12. The summed E-state index contributed by atoms with van der Waals surface area (Å²) in [5.74, 6) is 1.14. The van der Waals surface area contributed by atoms with E-state index in [0.29, 0.717) is 33.5 Å². The van der Waals surface area contributed by atoms with Gasteiger partial charge in [-0.3, -0.25) is 9.78 Å². The van der Waals surface area contributed by atoms with E-state index in [2.05, 4.69) is 15.6 Å². The summed E-state index contributed by atoms with van der Waals surface area (Å²) < 4.78 is 10.7. The average molecular weight is 368 g/mol. The van der Waals surface area contributed by atoms with Crippen LogP contribution in [0, 0.1) is 0 Å². The van der Waals surface area contributed by atoms with Crippen molar-refractivity contribution in [3.63, 3.8) is 0 Å². The zero-order valence-corrected chi connectivity index (χ0v) is 14.3. The Balaban J connectivity index is 1.49. The molecule has 4 rings (SSSR count). The highest BCUT2D eigenvalue weighted by molar-refractivity contribution is 6.30. The van der Waals surface area contributed by atoms with Gasteiger partial charge in [-0.2, -0.15) is 0 Å². The SMILES string of the molecule is O=C(Nc1ccc(Cl)cc1)c1cncc(Nc2ccc3c(c2)OCO3)c1. The lowest BCUT2D eigenvalue weighted by Crippen LogP contribution is -2.12. The third kappa shape index (κ3) is 3.55. The molecule has 0 saturated carbocycles. The Bertz CT molecular complexity index is 960. The fourth-order valence-corrected chi connectivity index (χ4v) is 2.64. The van der Waals surface area contributed by atoms with Crippen molar-refractivity contribution >= 4 is 34.6 Å². The largest absolute Gasteiger partial charge is 0.454 e. The zero-order chi connectivity index (χ0) is 17.9. The third-order valence-corrected chi connectivity index (χ3v) is 4.02. The van der Waals surface area contributed by atoms with Gasteiger partial charge in [0.05, 0.1) is 17.4 Å². The Morgan fingerprint density at radius 3 is 2.54 bits per heavy atom. The van der Waals surface area contributed by atoms with Gasteiger partial charge in [-0.05, 0) is 42.5 Å². The molecule has 0 radical (unpaired) electrons. The van der Waals surface area contributed by atoms with Crippen LogP contribution in [0.5, 0.6) is 11.5 Å². The van der Waals surface area contributed by atoms with Gasteiger partial charge in [-0.1, -0.05) is 11.6 Å². The summed E-state index contributed by atoms with van der Waals surface area (Å²) >= 11 is 5.85. The minimum Gasteiger partial charge on any atom is -0.454 e. The second-order valence-electron chi connectivity index (χ2n) is 5.62. The van der Waals surface area contributed by atoms with Gasteiger partial charge in [0.15, 0.2) is 11.5 Å². The molecule has 0 aliphatic carbocycles. The third-order valence-electron chi connectivity index (χ3n) is 3.76. The molecule has 3 aromatic rings. The molecule has 26 heavy (non-hydrogen) atoms. The first-order valence-electron chi connectivity index (χ1n) is 7.86. The van der Waals surface area contributed by atoms with Crippen molar-refractivity contribution in [3.05, 3.63) is 71.5 Å². The normalized spacial score (nSPS) is 11.9. The topological polar surface area (TPSA) is 72.5 Å². The van der Waals surface area contributed by atoms with E-state index < -0.39 is 0 Å². The Hall–Kier alpha value is -3.25. The Labute approximate surface area is 154 Å². The number of amides is 1. The number of hydrogen-bond acceptors (Lipinski definition) is 5. The highest BCUT2D eigenvalue weighted by Crippen LogP contribution is 2.35. The molecule has 1 aliphatic heterocycles. The van der Waals surface area contributed by atoms with Gasteiger partial charge in [0.2, 0.25) is 6.79 Å². The lowest BCUT2D eigenvalue weighted by molar-refractivity contribution is 0.102. The van der Waals surface area contributed by atoms with Crippen LogP contribution in [0.4, 0.5) is 17.1 Å². The Kier molecular flexibility index (Phi) is 4.33.